The number of hydrogen-bond donors (Lipinski definition) is 1. The molecule has 0 saturated heterocycles. The van der Waals surface area contributed by atoms with Crippen LogP contribution in [-0.4, -0.2) is 21.5 Å². The topological polar surface area (TPSA) is 50.7 Å². The summed E-state index contributed by atoms with van der Waals surface area (Å²) in [5.41, 5.74) is 0.990. The Balaban J connectivity index is 1.85. The highest BCUT2D eigenvalue weighted by atomic mass is 19.1. The van der Waals surface area contributed by atoms with Crippen LogP contribution in [-0.2, 0) is 6.42 Å². The number of nitrogens with one attached hydrogen (secondary N) is 1. The van der Waals surface area contributed by atoms with Gasteiger partial charge in [-0.3, -0.25) is 4.98 Å². The van der Waals surface area contributed by atoms with E-state index in [1.807, 2.05) is 18.2 Å². The summed E-state index contributed by atoms with van der Waals surface area (Å²) >= 11 is 0. The molecule has 4 nitrogen and oxygen atoms in total. The molecule has 0 aliphatic carbocycles. The van der Waals surface area contributed by atoms with Crippen LogP contribution in [0.25, 0.3) is 0 Å². The van der Waals surface area contributed by atoms with Gasteiger partial charge in [-0.25, -0.2) is 9.97 Å². The Morgan fingerprint density at radius 3 is 2.88 bits per heavy atom. The van der Waals surface area contributed by atoms with Gasteiger partial charge in [-0.05, 0) is 12.1 Å². The summed E-state index contributed by atoms with van der Waals surface area (Å²) in [7, 11) is 0. The third kappa shape index (κ3) is 2.98. The van der Waals surface area contributed by atoms with Crippen molar-refractivity contribution >= 4 is 5.82 Å². The van der Waals surface area contributed by atoms with E-state index in [4.69, 9.17) is 0 Å². The third-order valence-corrected chi connectivity index (χ3v) is 2.05. The lowest BCUT2D eigenvalue weighted by Gasteiger charge is -2.04. The average molecular weight is 218 g/mol. The summed E-state index contributed by atoms with van der Waals surface area (Å²) in [6.07, 6.45) is 3.71. The predicted molar refractivity (Wildman–Crippen MR) is 58.4 cm³/mol. The van der Waals surface area contributed by atoms with Gasteiger partial charge in [-0.1, -0.05) is 6.07 Å². The predicted octanol–water partition coefficient (Wildman–Crippen LogP) is 1.67. The van der Waals surface area contributed by atoms with E-state index in [-0.39, 0.29) is 0 Å². The first-order chi connectivity index (χ1) is 7.84. The summed E-state index contributed by atoms with van der Waals surface area (Å²) in [5.74, 6) is -0.0428. The molecule has 0 unspecified atom stereocenters. The van der Waals surface area contributed by atoms with Crippen molar-refractivity contribution in [2.24, 2.45) is 0 Å². The minimum absolute atomic E-state index is 0.489. The van der Waals surface area contributed by atoms with Gasteiger partial charge in [-0.15, -0.1) is 0 Å². The SMILES string of the molecule is Fc1cc(NCCc2ccccn2)ncn1. The van der Waals surface area contributed by atoms with Gasteiger partial charge in [0.05, 0.1) is 0 Å². The summed E-state index contributed by atoms with van der Waals surface area (Å²) in [6.45, 7) is 0.660. The zero-order valence-corrected chi connectivity index (χ0v) is 8.60. The number of pyridine rings is 1. The number of rotatable bonds is 4. The summed E-state index contributed by atoms with van der Waals surface area (Å²) in [5, 5.41) is 3.00. The van der Waals surface area contributed by atoms with Crippen LogP contribution in [0.2, 0.25) is 0 Å². The number of nitrogens with zero attached hydrogens (tertiary/aromatic N) is 3. The molecule has 0 spiro atoms. The Morgan fingerprint density at radius 2 is 2.12 bits per heavy atom. The van der Waals surface area contributed by atoms with Gasteiger partial charge in [0.15, 0.2) is 0 Å². The van der Waals surface area contributed by atoms with Crippen molar-refractivity contribution in [2.45, 2.75) is 6.42 Å². The summed E-state index contributed by atoms with van der Waals surface area (Å²) in [4.78, 5) is 11.4. The van der Waals surface area contributed by atoms with Crippen molar-refractivity contribution in [3.05, 3.63) is 48.4 Å². The van der Waals surface area contributed by atoms with Gasteiger partial charge in [-0.2, -0.15) is 4.39 Å². The van der Waals surface area contributed by atoms with Crippen molar-refractivity contribution < 1.29 is 4.39 Å². The molecule has 5 heteroatoms. The smallest absolute Gasteiger partial charge is 0.217 e. The van der Waals surface area contributed by atoms with Crippen LogP contribution in [0.4, 0.5) is 10.2 Å². The molecular formula is C11H11FN4. The van der Waals surface area contributed by atoms with Gasteiger partial charge in [0.25, 0.3) is 0 Å². The van der Waals surface area contributed by atoms with Crippen molar-refractivity contribution in [1.29, 1.82) is 0 Å². The highest BCUT2D eigenvalue weighted by Gasteiger charge is 1.97. The lowest BCUT2D eigenvalue weighted by molar-refractivity contribution is 0.580. The average Bonchev–Trinajstić information content (AvgIpc) is 2.30. The number of aromatic nitrogens is 3. The molecule has 0 atom stereocenters. The molecule has 2 heterocycles. The van der Waals surface area contributed by atoms with E-state index >= 15 is 0 Å². The molecule has 0 aliphatic heterocycles. The fourth-order valence-corrected chi connectivity index (χ4v) is 1.29. The Bertz CT molecular complexity index is 447. The van der Waals surface area contributed by atoms with Crippen LogP contribution in [0.5, 0.6) is 0 Å². The van der Waals surface area contributed by atoms with Gasteiger partial charge in [0.2, 0.25) is 5.95 Å². The Labute approximate surface area is 92.6 Å². The quantitative estimate of drug-likeness (QED) is 0.793. The molecule has 16 heavy (non-hydrogen) atoms. The lowest BCUT2D eigenvalue weighted by atomic mass is 10.3. The monoisotopic (exact) mass is 218 g/mol. The van der Waals surface area contributed by atoms with Crippen molar-refractivity contribution in [3.8, 4) is 0 Å². The molecule has 0 bridgehead atoms. The van der Waals surface area contributed by atoms with Crippen LogP contribution in [0.1, 0.15) is 5.69 Å². The molecule has 0 radical (unpaired) electrons. The maximum atomic E-state index is 12.7. The lowest BCUT2D eigenvalue weighted by Crippen LogP contribution is -2.07. The molecule has 2 rings (SSSR count). The highest BCUT2D eigenvalue weighted by molar-refractivity contribution is 5.32. The third-order valence-electron chi connectivity index (χ3n) is 2.05. The maximum Gasteiger partial charge on any atom is 0.217 e. The van der Waals surface area contributed by atoms with Gasteiger partial charge < -0.3 is 5.32 Å². The second-order valence-electron chi connectivity index (χ2n) is 3.22. The van der Waals surface area contributed by atoms with E-state index in [1.165, 1.54) is 12.4 Å². The van der Waals surface area contributed by atoms with E-state index < -0.39 is 5.95 Å². The second kappa shape index (κ2) is 5.16. The molecular weight excluding hydrogens is 207 g/mol. The molecule has 2 aromatic heterocycles. The zero-order valence-electron chi connectivity index (χ0n) is 8.60. The molecule has 1 N–H and O–H groups in total. The van der Waals surface area contributed by atoms with E-state index in [9.17, 15) is 4.39 Å². The van der Waals surface area contributed by atoms with Crippen LogP contribution in [0.15, 0.2) is 36.8 Å². The Kier molecular flexibility index (Phi) is 3.38. The van der Waals surface area contributed by atoms with Crippen molar-refractivity contribution in [2.75, 3.05) is 11.9 Å². The molecule has 2 aromatic rings. The Hall–Kier alpha value is -2.04. The van der Waals surface area contributed by atoms with Crippen LogP contribution in [0, 0.1) is 5.95 Å². The molecule has 0 fully saturated rings. The summed E-state index contributed by atoms with van der Waals surface area (Å²) in [6, 6.07) is 7.02. The fourth-order valence-electron chi connectivity index (χ4n) is 1.29. The minimum atomic E-state index is -0.532. The van der Waals surface area contributed by atoms with E-state index in [1.54, 1.807) is 6.20 Å². The second-order valence-corrected chi connectivity index (χ2v) is 3.22. The number of halogens is 1. The van der Waals surface area contributed by atoms with E-state index in [0.29, 0.717) is 12.4 Å². The maximum absolute atomic E-state index is 12.7. The van der Waals surface area contributed by atoms with Crippen molar-refractivity contribution in [3.63, 3.8) is 0 Å². The standard InChI is InChI=1S/C11H11FN4/c12-10-7-11(16-8-15-10)14-6-4-9-3-1-2-5-13-9/h1-3,5,7-8H,4,6H2,(H,14,15,16). The van der Waals surface area contributed by atoms with Crippen molar-refractivity contribution in [1.82, 2.24) is 15.0 Å². The summed E-state index contributed by atoms with van der Waals surface area (Å²) < 4.78 is 12.7. The molecule has 0 aliphatic rings. The normalized spacial score (nSPS) is 10.1. The number of hydrogen-bond acceptors (Lipinski definition) is 4. The van der Waals surface area contributed by atoms with Gasteiger partial charge in [0.1, 0.15) is 12.1 Å². The van der Waals surface area contributed by atoms with Crippen LogP contribution in [0.3, 0.4) is 0 Å². The van der Waals surface area contributed by atoms with E-state index in [0.717, 1.165) is 12.1 Å². The first-order valence-corrected chi connectivity index (χ1v) is 4.96. The molecule has 82 valence electrons. The first-order valence-electron chi connectivity index (χ1n) is 4.96. The minimum Gasteiger partial charge on any atom is -0.369 e. The molecule has 0 amide bonds. The Morgan fingerprint density at radius 1 is 1.19 bits per heavy atom. The molecule has 0 aromatic carbocycles. The van der Waals surface area contributed by atoms with E-state index in [2.05, 4.69) is 20.3 Å². The largest absolute Gasteiger partial charge is 0.369 e. The number of anilines is 1. The molecule has 0 saturated carbocycles. The fraction of sp³-hybridized carbons (Fsp3) is 0.182. The first kappa shape index (κ1) is 10.5. The van der Waals surface area contributed by atoms with Gasteiger partial charge >= 0.3 is 0 Å². The van der Waals surface area contributed by atoms with Crippen LogP contribution < -0.4 is 5.32 Å². The highest BCUT2D eigenvalue weighted by Crippen LogP contribution is 2.02. The zero-order chi connectivity index (χ0) is 11.2. The van der Waals surface area contributed by atoms with Gasteiger partial charge in [0, 0.05) is 30.9 Å². The van der Waals surface area contributed by atoms with Crippen LogP contribution >= 0.6 is 0 Å².